The molecule has 1 unspecified atom stereocenters. The molecule has 7 heteroatoms. The van der Waals surface area contributed by atoms with E-state index < -0.39 is 0 Å². The maximum atomic E-state index is 12.7. The summed E-state index contributed by atoms with van der Waals surface area (Å²) in [7, 11) is 3.64. The first kappa shape index (κ1) is 17.2. The molecule has 1 amide bonds. The van der Waals surface area contributed by atoms with Gasteiger partial charge < -0.3 is 14.9 Å². The molecule has 2 aromatic rings. The zero-order chi connectivity index (χ0) is 18.0. The highest BCUT2D eigenvalue weighted by molar-refractivity contribution is 5.94. The Labute approximate surface area is 145 Å². The second kappa shape index (κ2) is 7.06. The van der Waals surface area contributed by atoms with E-state index in [1.807, 2.05) is 14.1 Å². The number of carbonyl (C=O) groups is 1. The molecular formula is C18H22N4O3. The maximum absolute atomic E-state index is 12.7. The van der Waals surface area contributed by atoms with E-state index in [1.54, 1.807) is 34.1 Å². The third-order valence-electron chi connectivity index (χ3n) is 4.42. The minimum absolute atomic E-state index is 0.0472. The Morgan fingerprint density at radius 3 is 2.92 bits per heavy atom. The Balaban J connectivity index is 1.77. The van der Waals surface area contributed by atoms with E-state index >= 15 is 0 Å². The summed E-state index contributed by atoms with van der Waals surface area (Å²) in [6.07, 6.45) is 0.773. The zero-order valence-corrected chi connectivity index (χ0v) is 14.4. The maximum Gasteiger partial charge on any atom is 0.253 e. The fraction of sp³-hybridized carbons (Fsp3) is 0.389. The molecule has 7 nitrogen and oxygen atoms in total. The van der Waals surface area contributed by atoms with Gasteiger partial charge in [-0.3, -0.25) is 14.6 Å². The highest BCUT2D eigenvalue weighted by atomic mass is 16.3. The summed E-state index contributed by atoms with van der Waals surface area (Å²) in [5.74, 6) is 0.504. The summed E-state index contributed by atoms with van der Waals surface area (Å²) in [5.41, 5.74) is 1.81. The molecule has 1 saturated heterocycles. The summed E-state index contributed by atoms with van der Waals surface area (Å²) in [5, 5.41) is 9.23. The molecule has 2 heterocycles. The van der Waals surface area contributed by atoms with Crippen molar-refractivity contribution in [2.45, 2.75) is 18.9 Å². The van der Waals surface area contributed by atoms with Crippen LogP contribution in [0.1, 0.15) is 34.0 Å². The van der Waals surface area contributed by atoms with E-state index in [4.69, 9.17) is 0 Å². The van der Waals surface area contributed by atoms with E-state index in [-0.39, 0.29) is 24.0 Å². The topological polar surface area (TPSA) is 89.5 Å². The molecule has 1 aromatic carbocycles. The third-order valence-corrected chi connectivity index (χ3v) is 4.42. The van der Waals surface area contributed by atoms with Gasteiger partial charge in [-0.1, -0.05) is 12.1 Å². The average molecular weight is 342 g/mol. The van der Waals surface area contributed by atoms with Crippen molar-refractivity contribution in [1.29, 1.82) is 0 Å². The smallest absolute Gasteiger partial charge is 0.253 e. The number of H-pyrrole nitrogens is 1. The van der Waals surface area contributed by atoms with Crippen LogP contribution in [-0.2, 0) is 6.61 Å². The number of anilines is 1. The lowest BCUT2D eigenvalue weighted by molar-refractivity contribution is 0.0790. The zero-order valence-electron chi connectivity index (χ0n) is 14.4. The molecule has 0 bridgehead atoms. The number of hydrogen-bond acceptors (Lipinski definition) is 5. The molecule has 0 saturated carbocycles. The van der Waals surface area contributed by atoms with Gasteiger partial charge in [0.1, 0.15) is 0 Å². The second-order valence-electron chi connectivity index (χ2n) is 6.48. The number of nitrogens with one attached hydrogen (secondary N) is 1. The van der Waals surface area contributed by atoms with Crippen LogP contribution in [0.15, 0.2) is 35.1 Å². The normalized spacial score (nSPS) is 16.9. The Bertz CT molecular complexity index is 831. The number of benzene rings is 1. The first-order chi connectivity index (χ1) is 12.0. The number of rotatable bonds is 4. The number of aromatic amines is 1. The van der Waals surface area contributed by atoms with Gasteiger partial charge in [0, 0.05) is 44.7 Å². The van der Waals surface area contributed by atoms with Crippen molar-refractivity contribution in [3.8, 4) is 0 Å². The van der Waals surface area contributed by atoms with Gasteiger partial charge in [-0.2, -0.15) is 0 Å². The lowest BCUT2D eigenvalue weighted by atomic mass is 10.0. The molecule has 0 aliphatic carbocycles. The van der Waals surface area contributed by atoms with Crippen molar-refractivity contribution in [3.05, 3.63) is 57.5 Å². The summed E-state index contributed by atoms with van der Waals surface area (Å²) >= 11 is 0. The lowest BCUT2D eigenvalue weighted by Gasteiger charge is -2.17. The Morgan fingerprint density at radius 2 is 2.20 bits per heavy atom. The Hall–Kier alpha value is -2.67. The molecule has 1 atom stereocenters. The summed E-state index contributed by atoms with van der Waals surface area (Å²) < 4.78 is 0. The molecular weight excluding hydrogens is 320 g/mol. The number of aromatic nitrogens is 2. The average Bonchev–Trinajstić information content (AvgIpc) is 3.10. The van der Waals surface area contributed by atoms with Gasteiger partial charge in [0.2, 0.25) is 5.95 Å². The fourth-order valence-corrected chi connectivity index (χ4v) is 3.06. The number of carbonyl (C=O) groups excluding carboxylic acids is 1. The molecule has 1 fully saturated rings. The first-order valence-corrected chi connectivity index (χ1v) is 8.25. The first-order valence-electron chi connectivity index (χ1n) is 8.25. The molecule has 132 valence electrons. The number of nitrogens with zero attached hydrogens (tertiary/aromatic N) is 3. The van der Waals surface area contributed by atoms with Crippen LogP contribution in [-0.4, -0.2) is 53.1 Å². The monoisotopic (exact) mass is 342 g/mol. The lowest BCUT2D eigenvalue weighted by Crippen LogP contribution is -2.29. The predicted molar refractivity (Wildman–Crippen MR) is 94.8 cm³/mol. The Morgan fingerprint density at radius 1 is 1.40 bits per heavy atom. The van der Waals surface area contributed by atoms with Crippen LogP contribution >= 0.6 is 0 Å². The fourth-order valence-electron chi connectivity index (χ4n) is 3.06. The van der Waals surface area contributed by atoms with Crippen LogP contribution in [0.4, 0.5) is 5.95 Å². The van der Waals surface area contributed by atoms with Crippen LogP contribution in [0.25, 0.3) is 0 Å². The molecule has 1 aliphatic heterocycles. The van der Waals surface area contributed by atoms with Gasteiger partial charge in [0.05, 0.1) is 12.3 Å². The quantitative estimate of drug-likeness (QED) is 0.864. The van der Waals surface area contributed by atoms with E-state index in [9.17, 15) is 14.7 Å². The molecule has 2 N–H and O–H groups in total. The van der Waals surface area contributed by atoms with Gasteiger partial charge in [0.15, 0.2) is 0 Å². The predicted octanol–water partition coefficient (Wildman–Crippen LogP) is 0.958. The molecule has 0 spiro atoms. The Kier molecular flexibility index (Phi) is 4.85. The molecule has 1 aromatic heterocycles. The minimum atomic E-state index is -0.186. The molecule has 1 aliphatic rings. The number of aliphatic hydroxyl groups is 1. The van der Waals surface area contributed by atoms with Crippen molar-refractivity contribution in [1.82, 2.24) is 14.9 Å². The molecule has 0 radical (unpaired) electrons. The number of hydrogen-bond donors (Lipinski definition) is 2. The second-order valence-corrected chi connectivity index (χ2v) is 6.48. The molecule has 25 heavy (non-hydrogen) atoms. The van der Waals surface area contributed by atoms with Crippen molar-refractivity contribution in [2.24, 2.45) is 0 Å². The highest BCUT2D eigenvalue weighted by Crippen LogP contribution is 2.27. The third kappa shape index (κ3) is 3.71. The van der Waals surface area contributed by atoms with Crippen LogP contribution in [0.5, 0.6) is 0 Å². The number of aliphatic hydroxyl groups excluding tert-OH is 1. The van der Waals surface area contributed by atoms with Crippen molar-refractivity contribution in [2.75, 3.05) is 32.1 Å². The van der Waals surface area contributed by atoms with Crippen molar-refractivity contribution >= 4 is 11.9 Å². The van der Waals surface area contributed by atoms with Gasteiger partial charge in [-0.25, -0.2) is 4.98 Å². The van der Waals surface area contributed by atoms with E-state index in [1.165, 1.54) is 6.07 Å². The van der Waals surface area contributed by atoms with Crippen LogP contribution < -0.4 is 10.5 Å². The molecule has 3 rings (SSSR count). The summed E-state index contributed by atoms with van der Waals surface area (Å²) in [6, 6.07) is 8.54. The van der Waals surface area contributed by atoms with Crippen LogP contribution in [0.2, 0.25) is 0 Å². The minimum Gasteiger partial charge on any atom is -0.392 e. The largest absolute Gasteiger partial charge is 0.392 e. The number of likely N-dealkylation sites (tertiary alicyclic amines) is 1. The van der Waals surface area contributed by atoms with Gasteiger partial charge in [-0.05, 0) is 24.1 Å². The van der Waals surface area contributed by atoms with Crippen LogP contribution in [0.3, 0.4) is 0 Å². The van der Waals surface area contributed by atoms with E-state index in [2.05, 4.69) is 9.97 Å². The number of amides is 1. The van der Waals surface area contributed by atoms with Gasteiger partial charge in [0.25, 0.3) is 11.5 Å². The SMILES string of the molecule is CN(C)c1nc(C2CCN(C(=O)c3cccc(CO)c3)C2)cc(=O)[nH]1. The van der Waals surface area contributed by atoms with E-state index in [0.717, 1.165) is 6.42 Å². The van der Waals surface area contributed by atoms with Crippen molar-refractivity contribution < 1.29 is 9.90 Å². The summed E-state index contributed by atoms with van der Waals surface area (Å²) in [4.78, 5) is 35.3. The summed E-state index contributed by atoms with van der Waals surface area (Å²) in [6.45, 7) is 1.07. The van der Waals surface area contributed by atoms with Crippen molar-refractivity contribution in [3.63, 3.8) is 0 Å². The highest BCUT2D eigenvalue weighted by Gasteiger charge is 2.29. The van der Waals surface area contributed by atoms with Gasteiger partial charge in [-0.15, -0.1) is 0 Å². The van der Waals surface area contributed by atoms with Gasteiger partial charge >= 0.3 is 0 Å². The standard InChI is InChI=1S/C18H22N4O3/c1-21(2)18-19-15(9-16(24)20-18)14-6-7-22(10-14)17(25)13-5-3-4-12(8-13)11-23/h3-5,8-9,14,23H,6-7,10-11H2,1-2H3,(H,19,20,24). The van der Waals surface area contributed by atoms with E-state index in [0.29, 0.717) is 35.9 Å². The van der Waals surface area contributed by atoms with Crippen LogP contribution in [0, 0.1) is 0 Å².